The van der Waals surface area contributed by atoms with Gasteiger partial charge in [0, 0.05) is 37.0 Å². The number of aromatic nitrogens is 1. The van der Waals surface area contributed by atoms with Crippen LogP contribution in [0, 0.1) is 22.7 Å². The number of carbonyl (C=O) groups excluding carboxylic acids is 3. The Bertz CT molecular complexity index is 1160. The summed E-state index contributed by atoms with van der Waals surface area (Å²) in [4.78, 5) is 40.6. The molecule has 3 aliphatic rings. The Balaban J connectivity index is 1.36. The van der Waals surface area contributed by atoms with E-state index in [4.69, 9.17) is 0 Å². The van der Waals surface area contributed by atoms with E-state index in [2.05, 4.69) is 16.7 Å². The van der Waals surface area contributed by atoms with Crippen LogP contribution >= 0.6 is 0 Å². The molecule has 1 saturated carbocycles. The highest BCUT2D eigenvalue weighted by molar-refractivity contribution is 6.01. The van der Waals surface area contributed by atoms with Crippen molar-refractivity contribution in [2.24, 2.45) is 18.4 Å². The lowest BCUT2D eigenvalue weighted by Gasteiger charge is -2.39. The van der Waals surface area contributed by atoms with E-state index in [0.717, 1.165) is 30.2 Å². The number of rotatable bonds is 5. The lowest BCUT2D eigenvalue weighted by atomic mass is 9.87. The first-order valence-corrected chi connectivity index (χ1v) is 11.7. The van der Waals surface area contributed by atoms with E-state index in [9.17, 15) is 19.6 Å². The van der Waals surface area contributed by atoms with Gasteiger partial charge in [-0.3, -0.25) is 14.4 Å². The molecule has 1 spiro atoms. The van der Waals surface area contributed by atoms with E-state index >= 15 is 0 Å². The topological polar surface area (TPSA) is 107 Å². The van der Waals surface area contributed by atoms with Gasteiger partial charge in [-0.25, -0.2) is 0 Å². The Morgan fingerprint density at radius 1 is 1.30 bits per heavy atom. The number of nitrogens with zero attached hydrogens (tertiary/aromatic N) is 3. The average molecular weight is 448 g/mol. The largest absolute Gasteiger partial charge is 0.356 e. The summed E-state index contributed by atoms with van der Waals surface area (Å²) in [7, 11) is 1.87. The molecule has 8 heteroatoms. The van der Waals surface area contributed by atoms with Crippen LogP contribution in [-0.2, 0) is 16.6 Å². The SMILES string of the molecule is Cn1c(C(=O)N2CCC3(CC3)C[C@H]2C(=O)N[C@H](C#N)C[C@@H]2CCNC2=O)cc2ccccc21. The Hall–Kier alpha value is -3.34. The highest BCUT2D eigenvalue weighted by atomic mass is 16.2. The monoisotopic (exact) mass is 447 g/mol. The Morgan fingerprint density at radius 2 is 2.09 bits per heavy atom. The predicted molar refractivity (Wildman–Crippen MR) is 122 cm³/mol. The third-order valence-corrected chi connectivity index (χ3v) is 7.73. The minimum absolute atomic E-state index is 0.0633. The summed E-state index contributed by atoms with van der Waals surface area (Å²) in [6.45, 7) is 1.13. The molecule has 0 unspecified atom stereocenters. The number of piperidine rings is 1. The van der Waals surface area contributed by atoms with Crippen molar-refractivity contribution in [1.82, 2.24) is 20.1 Å². The van der Waals surface area contributed by atoms with Crippen molar-refractivity contribution in [2.45, 2.75) is 50.6 Å². The van der Waals surface area contributed by atoms with Crippen LogP contribution in [0.5, 0.6) is 0 Å². The molecule has 8 nitrogen and oxygen atoms in total. The Labute approximate surface area is 192 Å². The van der Waals surface area contributed by atoms with Crippen LogP contribution < -0.4 is 10.6 Å². The fraction of sp³-hybridized carbons (Fsp3) is 0.520. The number of nitrogens with one attached hydrogen (secondary N) is 2. The molecule has 2 N–H and O–H groups in total. The van der Waals surface area contributed by atoms with Gasteiger partial charge in [-0.2, -0.15) is 5.26 Å². The summed E-state index contributed by atoms with van der Waals surface area (Å²) in [5, 5.41) is 16.2. The summed E-state index contributed by atoms with van der Waals surface area (Å²) in [6, 6.07) is 10.5. The zero-order chi connectivity index (χ0) is 23.2. The molecule has 1 aliphatic carbocycles. The number of para-hydroxylation sites is 1. The molecule has 33 heavy (non-hydrogen) atoms. The van der Waals surface area contributed by atoms with Crippen molar-refractivity contribution in [3.8, 4) is 6.07 Å². The van der Waals surface area contributed by atoms with Crippen LogP contribution in [0.1, 0.15) is 49.0 Å². The Morgan fingerprint density at radius 3 is 2.76 bits per heavy atom. The number of hydrogen-bond acceptors (Lipinski definition) is 4. The van der Waals surface area contributed by atoms with Crippen molar-refractivity contribution < 1.29 is 14.4 Å². The third-order valence-electron chi connectivity index (χ3n) is 7.73. The molecule has 2 aromatic rings. The molecule has 0 radical (unpaired) electrons. The van der Waals surface area contributed by atoms with Gasteiger partial charge in [0.15, 0.2) is 0 Å². The first-order chi connectivity index (χ1) is 15.9. The van der Waals surface area contributed by atoms with E-state index in [1.165, 1.54) is 0 Å². The average Bonchev–Trinajstić information content (AvgIpc) is 3.31. The van der Waals surface area contributed by atoms with Gasteiger partial charge < -0.3 is 20.1 Å². The van der Waals surface area contributed by atoms with Crippen molar-refractivity contribution in [3.05, 3.63) is 36.0 Å². The first kappa shape index (κ1) is 21.5. The highest BCUT2D eigenvalue weighted by Crippen LogP contribution is 2.55. The minimum Gasteiger partial charge on any atom is -0.356 e. The second kappa shape index (κ2) is 8.22. The lowest BCUT2D eigenvalue weighted by Crippen LogP contribution is -2.55. The Kier molecular flexibility index (Phi) is 5.35. The maximum absolute atomic E-state index is 13.6. The summed E-state index contributed by atoms with van der Waals surface area (Å²) in [6.07, 6.45) is 4.65. The molecule has 2 aliphatic heterocycles. The lowest BCUT2D eigenvalue weighted by molar-refractivity contribution is -0.128. The molecule has 5 rings (SSSR count). The summed E-state index contributed by atoms with van der Waals surface area (Å²) < 4.78 is 1.88. The maximum Gasteiger partial charge on any atom is 0.271 e. The van der Waals surface area contributed by atoms with Crippen LogP contribution in [0.4, 0.5) is 0 Å². The van der Waals surface area contributed by atoms with Crippen LogP contribution in [0.25, 0.3) is 10.9 Å². The number of likely N-dealkylation sites (tertiary alicyclic amines) is 1. The fourth-order valence-electron chi connectivity index (χ4n) is 5.45. The van der Waals surface area contributed by atoms with E-state index in [0.29, 0.717) is 38.0 Å². The van der Waals surface area contributed by atoms with Crippen molar-refractivity contribution in [1.29, 1.82) is 5.26 Å². The van der Waals surface area contributed by atoms with Gasteiger partial charge in [-0.1, -0.05) is 18.2 Å². The molecule has 3 heterocycles. The number of benzene rings is 1. The van der Waals surface area contributed by atoms with E-state index in [-0.39, 0.29) is 29.1 Å². The van der Waals surface area contributed by atoms with Crippen molar-refractivity contribution in [2.75, 3.05) is 13.1 Å². The number of carbonyl (C=O) groups is 3. The first-order valence-electron chi connectivity index (χ1n) is 11.7. The fourth-order valence-corrected chi connectivity index (χ4v) is 5.45. The zero-order valence-corrected chi connectivity index (χ0v) is 18.8. The molecule has 2 saturated heterocycles. The summed E-state index contributed by atoms with van der Waals surface area (Å²) in [5.74, 6) is -0.776. The van der Waals surface area contributed by atoms with Crippen LogP contribution in [-0.4, -0.2) is 52.4 Å². The second-order valence-corrected chi connectivity index (χ2v) is 9.82. The molecular formula is C25H29N5O3. The van der Waals surface area contributed by atoms with Gasteiger partial charge in [0.1, 0.15) is 17.8 Å². The quantitative estimate of drug-likeness (QED) is 0.732. The summed E-state index contributed by atoms with van der Waals surface area (Å²) >= 11 is 0. The zero-order valence-electron chi connectivity index (χ0n) is 18.8. The molecule has 172 valence electrons. The molecule has 0 bridgehead atoms. The molecule has 3 amide bonds. The van der Waals surface area contributed by atoms with Gasteiger partial charge >= 0.3 is 0 Å². The normalized spacial score (nSPS) is 24.4. The van der Waals surface area contributed by atoms with Gasteiger partial charge in [-0.05, 0) is 56.1 Å². The van der Waals surface area contributed by atoms with E-state index in [1.54, 1.807) is 4.90 Å². The second-order valence-electron chi connectivity index (χ2n) is 9.82. The van der Waals surface area contributed by atoms with Gasteiger partial charge in [0.05, 0.1) is 6.07 Å². The van der Waals surface area contributed by atoms with Gasteiger partial charge in [0.2, 0.25) is 11.8 Å². The molecule has 3 atom stereocenters. The molecule has 3 fully saturated rings. The van der Waals surface area contributed by atoms with E-state index < -0.39 is 12.1 Å². The minimum atomic E-state index is -0.752. The van der Waals surface area contributed by atoms with Gasteiger partial charge in [-0.15, -0.1) is 0 Å². The maximum atomic E-state index is 13.6. The molecular weight excluding hydrogens is 418 g/mol. The smallest absolute Gasteiger partial charge is 0.271 e. The number of nitriles is 1. The third kappa shape index (κ3) is 3.97. The number of hydrogen-bond donors (Lipinski definition) is 2. The predicted octanol–water partition coefficient (Wildman–Crippen LogP) is 2.10. The standard InChI is InChI=1S/C25H29N5O3/c1-29-19-5-3-2-4-16(19)13-20(29)24(33)30-11-9-25(7-8-25)14-21(30)23(32)28-18(15-26)12-17-6-10-27-22(17)31/h2-5,13,17-18,21H,6-12,14H2,1H3,(H,27,31)(H,28,32)/t17-,18-,21-/m0/s1. The molecule has 1 aromatic heterocycles. The van der Waals surface area contributed by atoms with Crippen molar-refractivity contribution >= 4 is 28.6 Å². The van der Waals surface area contributed by atoms with Gasteiger partial charge in [0.25, 0.3) is 5.91 Å². The van der Waals surface area contributed by atoms with Crippen molar-refractivity contribution in [3.63, 3.8) is 0 Å². The number of aryl methyl sites for hydroxylation is 1. The number of fused-ring (bicyclic) bond motifs is 1. The molecule has 1 aromatic carbocycles. The van der Waals surface area contributed by atoms with Crippen LogP contribution in [0.15, 0.2) is 30.3 Å². The van der Waals surface area contributed by atoms with E-state index in [1.807, 2.05) is 41.9 Å². The number of amides is 3. The van der Waals surface area contributed by atoms with Crippen LogP contribution in [0.3, 0.4) is 0 Å². The summed E-state index contributed by atoms with van der Waals surface area (Å²) in [5.41, 5.74) is 1.67. The highest BCUT2D eigenvalue weighted by Gasteiger charge is 2.51. The van der Waals surface area contributed by atoms with Crippen LogP contribution in [0.2, 0.25) is 0 Å².